The highest BCUT2D eigenvalue weighted by Crippen LogP contribution is 2.44. The molecule has 2 aromatic carbocycles. The highest BCUT2D eigenvalue weighted by atomic mass is 32.2. The van der Waals surface area contributed by atoms with E-state index in [1.54, 1.807) is 19.1 Å². The summed E-state index contributed by atoms with van der Waals surface area (Å²) in [6.45, 7) is 3.54. The summed E-state index contributed by atoms with van der Waals surface area (Å²) in [7, 11) is -8.68. The van der Waals surface area contributed by atoms with E-state index < -0.39 is 54.5 Å². The highest BCUT2D eigenvalue weighted by molar-refractivity contribution is 7.92. The van der Waals surface area contributed by atoms with E-state index in [2.05, 4.69) is 0 Å². The summed E-state index contributed by atoms with van der Waals surface area (Å²) in [6, 6.07) is 10.4. The standard InChI is InChI=1S/C20H22O8S2/c1-11-3-6-13(7-4-11)29(22,23)19-18(21)17(15-10-27-20(19)28-15)14-9-12(2)5-8-16(14)30(24,25)26/h3-9,15,17-21H,10H2,1-2H3,(H,24,25,26)/t15-,17+,18-,19+,20+/m0/s1. The Labute approximate surface area is 175 Å². The van der Waals surface area contributed by atoms with Crippen LogP contribution in [-0.4, -0.2) is 56.8 Å². The average Bonchev–Trinajstić information content (AvgIpc) is 3.04. The summed E-state index contributed by atoms with van der Waals surface area (Å²) in [4.78, 5) is -0.384. The summed E-state index contributed by atoms with van der Waals surface area (Å²) in [5.74, 6) is -1.02. The van der Waals surface area contributed by atoms with Gasteiger partial charge in [0.1, 0.15) is 5.25 Å². The number of ether oxygens (including phenoxy) is 2. The van der Waals surface area contributed by atoms with E-state index >= 15 is 0 Å². The fourth-order valence-corrected chi connectivity index (χ4v) is 6.68. The summed E-state index contributed by atoms with van der Waals surface area (Å²) >= 11 is 0. The molecule has 4 rings (SSSR count). The molecule has 5 atom stereocenters. The van der Waals surface area contributed by atoms with Gasteiger partial charge in [0.05, 0.1) is 28.6 Å². The van der Waals surface area contributed by atoms with Crippen molar-refractivity contribution in [2.75, 3.05) is 6.61 Å². The topological polar surface area (TPSA) is 127 Å². The molecule has 2 aliphatic heterocycles. The first-order valence-electron chi connectivity index (χ1n) is 9.34. The molecule has 10 heteroatoms. The second kappa shape index (κ2) is 7.40. The van der Waals surface area contributed by atoms with Crippen molar-refractivity contribution in [3.63, 3.8) is 0 Å². The van der Waals surface area contributed by atoms with Gasteiger partial charge < -0.3 is 14.6 Å². The fraction of sp³-hybridized carbons (Fsp3) is 0.400. The predicted molar refractivity (Wildman–Crippen MR) is 107 cm³/mol. The zero-order chi connectivity index (χ0) is 21.8. The van der Waals surface area contributed by atoms with Gasteiger partial charge in [0.2, 0.25) is 0 Å². The molecule has 2 aliphatic rings. The SMILES string of the molecule is Cc1ccc(S(=O)(=O)[C@H]2[C@@H]3OC[C@H](O3)[C@@H](c3cc(C)ccc3S(=O)(=O)O)[C@@H]2O)cc1. The van der Waals surface area contributed by atoms with Crippen molar-refractivity contribution in [3.05, 3.63) is 59.2 Å². The van der Waals surface area contributed by atoms with Crippen LogP contribution in [0.5, 0.6) is 0 Å². The van der Waals surface area contributed by atoms with Crippen molar-refractivity contribution < 1.29 is 36.0 Å². The molecule has 162 valence electrons. The molecule has 8 nitrogen and oxygen atoms in total. The third-order valence-electron chi connectivity index (χ3n) is 5.62. The van der Waals surface area contributed by atoms with E-state index in [-0.39, 0.29) is 17.1 Å². The third kappa shape index (κ3) is 3.57. The molecule has 2 fully saturated rings. The van der Waals surface area contributed by atoms with Gasteiger partial charge in [-0.05, 0) is 37.6 Å². The van der Waals surface area contributed by atoms with Crippen molar-refractivity contribution in [2.45, 2.75) is 53.3 Å². The minimum absolute atomic E-state index is 0.00713. The van der Waals surface area contributed by atoms with Crippen molar-refractivity contribution in [1.29, 1.82) is 0 Å². The van der Waals surface area contributed by atoms with Gasteiger partial charge in [-0.3, -0.25) is 4.55 Å². The van der Waals surface area contributed by atoms with Crippen LogP contribution in [0.4, 0.5) is 0 Å². The van der Waals surface area contributed by atoms with Crippen molar-refractivity contribution >= 4 is 20.0 Å². The number of benzene rings is 2. The van der Waals surface area contributed by atoms with Crippen LogP contribution in [-0.2, 0) is 29.4 Å². The second-order valence-corrected chi connectivity index (χ2v) is 11.2. The monoisotopic (exact) mass is 454 g/mol. The van der Waals surface area contributed by atoms with E-state index in [0.717, 1.165) is 5.56 Å². The summed E-state index contributed by atoms with van der Waals surface area (Å²) in [5.41, 5.74) is 1.66. The number of sulfone groups is 1. The van der Waals surface area contributed by atoms with Crippen LogP contribution in [0.3, 0.4) is 0 Å². The zero-order valence-corrected chi connectivity index (χ0v) is 17.9. The zero-order valence-electron chi connectivity index (χ0n) is 16.3. The van der Waals surface area contributed by atoms with E-state index in [0.29, 0.717) is 5.56 Å². The van der Waals surface area contributed by atoms with Crippen LogP contribution in [0.15, 0.2) is 52.3 Å². The maximum atomic E-state index is 13.3. The maximum absolute atomic E-state index is 13.3. The molecule has 0 aromatic heterocycles. The van der Waals surface area contributed by atoms with Gasteiger partial charge in [0.25, 0.3) is 10.1 Å². The Morgan fingerprint density at radius 1 is 0.967 bits per heavy atom. The number of rotatable bonds is 4. The van der Waals surface area contributed by atoms with Crippen molar-refractivity contribution in [3.8, 4) is 0 Å². The molecule has 2 saturated heterocycles. The molecule has 0 radical (unpaired) electrons. The first-order valence-corrected chi connectivity index (χ1v) is 12.3. The van der Waals surface area contributed by atoms with Gasteiger partial charge in [-0.2, -0.15) is 8.42 Å². The molecular formula is C20H22O8S2. The van der Waals surface area contributed by atoms with Crippen LogP contribution in [0.1, 0.15) is 22.6 Å². The summed E-state index contributed by atoms with van der Waals surface area (Å²) in [5, 5.41) is 9.72. The van der Waals surface area contributed by atoms with Crippen molar-refractivity contribution in [1.82, 2.24) is 0 Å². The number of aliphatic hydroxyl groups excluding tert-OH is 1. The highest BCUT2D eigenvalue weighted by Gasteiger charge is 2.56. The smallest absolute Gasteiger partial charge is 0.294 e. The number of aryl methyl sites for hydroxylation is 2. The van der Waals surface area contributed by atoms with Gasteiger partial charge in [-0.15, -0.1) is 0 Å². The molecule has 30 heavy (non-hydrogen) atoms. The Morgan fingerprint density at radius 2 is 1.60 bits per heavy atom. The lowest BCUT2D eigenvalue weighted by Crippen LogP contribution is -2.53. The molecule has 0 amide bonds. The van der Waals surface area contributed by atoms with Crippen molar-refractivity contribution in [2.24, 2.45) is 0 Å². The Hall–Kier alpha value is -1.82. The molecular weight excluding hydrogens is 432 g/mol. The number of hydrogen-bond acceptors (Lipinski definition) is 7. The van der Waals surface area contributed by atoms with Gasteiger partial charge in [-0.1, -0.05) is 35.4 Å². The number of fused-ring (bicyclic) bond motifs is 2. The Bertz CT molecular complexity index is 1170. The first kappa shape index (κ1) is 21.4. The quantitative estimate of drug-likeness (QED) is 0.667. The molecule has 0 aliphatic carbocycles. The Kier molecular flexibility index (Phi) is 5.28. The first-order chi connectivity index (χ1) is 14.0. The third-order valence-corrected chi connectivity index (χ3v) is 8.69. The van der Waals surface area contributed by atoms with E-state index in [1.807, 2.05) is 6.92 Å². The second-order valence-electron chi connectivity index (χ2n) is 7.73. The lowest BCUT2D eigenvalue weighted by atomic mass is 9.85. The summed E-state index contributed by atoms with van der Waals surface area (Å²) in [6.07, 6.45) is -3.44. The maximum Gasteiger partial charge on any atom is 0.294 e. The van der Waals surface area contributed by atoms with Gasteiger partial charge in [0, 0.05) is 5.92 Å². The largest absolute Gasteiger partial charge is 0.391 e. The summed E-state index contributed by atoms with van der Waals surface area (Å²) < 4.78 is 71.5. The number of aliphatic hydroxyl groups is 1. The molecule has 2 aromatic rings. The average molecular weight is 455 g/mol. The molecule has 0 saturated carbocycles. The molecule has 2 heterocycles. The lowest BCUT2D eigenvalue weighted by Gasteiger charge is -2.38. The van der Waals surface area contributed by atoms with Gasteiger partial charge >= 0.3 is 0 Å². The lowest BCUT2D eigenvalue weighted by molar-refractivity contribution is -0.122. The number of hydrogen-bond donors (Lipinski definition) is 2. The van der Waals surface area contributed by atoms with E-state index in [9.17, 15) is 26.5 Å². The van der Waals surface area contributed by atoms with Crippen LogP contribution in [0.2, 0.25) is 0 Å². The molecule has 2 bridgehead atoms. The van der Waals surface area contributed by atoms with E-state index in [4.69, 9.17) is 9.47 Å². The van der Waals surface area contributed by atoms with Crippen LogP contribution in [0, 0.1) is 13.8 Å². The normalized spacial score (nSPS) is 29.1. The minimum atomic E-state index is -4.61. The molecule has 0 spiro atoms. The molecule has 2 N–H and O–H groups in total. The Morgan fingerprint density at radius 3 is 2.23 bits per heavy atom. The van der Waals surface area contributed by atoms with Gasteiger partial charge in [-0.25, -0.2) is 8.42 Å². The van der Waals surface area contributed by atoms with Crippen LogP contribution < -0.4 is 0 Å². The predicted octanol–water partition coefficient (Wildman–Crippen LogP) is 1.59. The van der Waals surface area contributed by atoms with Crippen LogP contribution >= 0.6 is 0 Å². The van der Waals surface area contributed by atoms with Gasteiger partial charge in [0.15, 0.2) is 16.1 Å². The Balaban J connectivity index is 1.83. The minimum Gasteiger partial charge on any atom is -0.391 e. The molecule has 0 unspecified atom stereocenters. The van der Waals surface area contributed by atoms with Crippen LogP contribution in [0.25, 0.3) is 0 Å². The fourth-order valence-electron chi connectivity index (χ4n) is 4.15. The van der Waals surface area contributed by atoms with E-state index in [1.165, 1.54) is 30.3 Å².